The molecule has 0 bridgehead atoms. The van der Waals surface area contributed by atoms with Crippen LogP contribution < -0.4 is 15.8 Å². The first-order chi connectivity index (χ1) is 8.61. The summed E-state index contributed by atoms with van der Waals surface area (Å²) in [6.45, 7) is 0. The number of aryl methyl sites for hydroxylation is 1. The zero-order chi connectivity index (χ0) is 13.1. The number of anilines is 2. The lowest BCUT2D eigenvalue weighted by Crippen LogP contribution is -2.13. The van der Waals surface area contributed by atoms with Crippen molar-refractivity contribution < 1.29 is 9.53 Å². The number of methoxy groups -OCH3 is 1. The Morgan fingerprint density at radius 2 is 2.17 bits per heavy atom. The summed E-state index contributed by atoms with van der Waals surface area (Å²) in [5.41, 5.74) is 5.84. The van der Waals surface area contributed by atoms with Crippen LogP contribution in [0.15, 0.2) is 24.3 Å². The number of carbonyl (C=O) groups excluding carboxylic acids is 1. The van der Waals surface area contributed by atoms with Gasteiger partial charge in [-0.15, -0.1) is 5.10 Å². The first-order valence-electron chi connectivity index (χ1n) is 5.22. The molecule has 0 aliphatic carbocycles. The third-order valence-corrected chi connectivity index (χ3v) is 2.34. The molecule has 7 heteroatoms. The Morgan fingerprint density at radius 1 is 1.44 bits per heavy atom. The van der Waals surface area contributed by atoms with Gasteiger partial charge in [0.1, 0.15) is 5.75 Å². The van der Waals surface area contributed by atoms with E-state index in [4.69, 9.17) is 10.5 Å². The fourth-order valence-corrected chi connectivity index (χ4v) is 1.47. The number of para-hydroxylation sites is 2. The lowest BCUT2D eigenvalue weighted by atomic mass is 10.3. The second kappa shape index (κ2) is 4.74. The van der Waals surface area contributed by atoms with E-state index in [2.05, 4.69) is 15.4 Å². The number of benzene rings is 1. The van der Waals surface area contributed by atoms with Gasteiger partial charge >= 0.3 is 0 Å². The fraction of sp³-hybridized carbons (Fsp3) is 0.182. The molecule has 1 heterocycles. The standard InChI is InChI=1S/C11H13N5O2/c1-16-11(14-10(15-16)9(12)17)13-7-5-3-4-6-8(7)18-2/h3-6H,1-2H3,(H2,12,17)(H,13,14,15). The number of aromatic nitrogens is 3. The lowest BCUT2D eigenvalue weighted by molar-refractivity contribution is 0.0990. The molecule has 2 rings (SSSR count). The molecule has 0 unspecified atom stereocenters. The predicted octanol–water partition coefficient (Wildman–Crippen LogP) is 0.666. The summed E-state index contributed by atoms with van der Waals surface area (Å²) in [6.07, 6.45) is 0. The maximum absolute atomic E-state index is 11.0. The molecule has 0 aliphatic heterocycles. The maximum Gasteiger partial charge on any atom is 0.288 e. The molecule has 0 saturated heterocycles. The summed E-state index contributed by atoms with van der Waals surface area (Å²) in [4.78, 5) is 15.0. The van der Waals surface area contributed by atoms with Crippen molar-refractivity contribution >= 4 is 17.5 Å². The van der Waals surface area contributed by atoms with E-state index in [1.165, 1.54) is 4.68 Å². The highest BCUT2D eigenvalue weighted by atomic mass is 16.5. The zero-order valence-electron chi connectivity index (χ0n) is 10.0. The minimum absolute atomic E-state index is 0.0325. The predicted molar refractivity (Wildman–Crippen MR) is 65.8 cm³/mol. The third-order valence-electron chi connectivity index (χ3n) is 2.34. The number of carbonyl (C=O) groups is 1. The highest BCUT2D eigenvalue weighted by Crippen LogP contribution is 2.25. The largest absolute Gasteiger partial charge is 0.495 e. The summed E-state index contributed by atoms with van der Waals surface area (Å²) in [5, 5.41) is 6.91. The summed E-state index contributed by atoms with van der Waals surface area (Å²) >= 11 is 0. The van der Waals surface area contributed by atoms with Crippen LogP contribution in [0.1, 0.15) is 10.6 Å². The van der Waals surface area contributed by atoms with Gasteiger partial charge in [-0.3, -0.25) is 4.79 Å². The van der Waals surface area contributed by atoms with Crippen LogP contribution in [0.4, 0.5) is 11.6 Å². The number of hydrogen-bond donors (Lipinski definition) is 2. The van der Waals surface area contributed by atoms with Crippen molar-refractivity contribution in [2.75, 3.05) is 12.4 Å². The van der Waals surface area contributed by atoms with Gasteiger partial charge in [-0.05, 0) is 12.1 Å². The molecule has 18 heavy (non-hydrogen) atoms. The summed E-state index contributed by atoms with van der Waals surface area (Å²) in [7, 11) is 3.24. The van der Waals surface area contributed by atoms with Gasteiger partial charge in [0.2, 0.25) is 11.8 Å². The zero-order valence-corrected chi connectivity index (χ0v) is 10.0. The van der Waals surface area contributed by atoms with Gasteiger partial charge in [-0.2, -0.15) is 4.98 Å². The van der Waals surface area contributed by atoms with Gasteiger partial charge in [-0.1, -0.05) is 12.1 Å². The second-order valence-corrected chi connectivity index (χ2v) is 3.57. The van der Waals surface area contributed by atoms with Crippen LogP contribution >= 0.6 is 0 Å². The quantitative estimate of drug-likeness (QED) is 0.827. The van der Waals surface area contributed by atoms with E-state index in [1.54, 1.807) is 14.2 Å². The van der Waals surface area contributed by atoms with Crippen molar-refractivity contribution in [3.8, 4) is 5.75 Å². The van der Waals surface area contributed by atoms with E-state index in [0.717, 1.165) is 5.69 Å². The van der Waals surface area contributed by atoms with Crippen molar-refractivity contribution in [2.45, 2.75) is 0 Å². The summed E-state index contributed by atoms with van der Waals surface area (Å²) in [6, 6.07) is 7.36. The van der Waals surface area contributed by atoms with Gasteiger partial charge in [-0.25, -0.2) is 4.68 Å². The summed E-state index contributed by atoms with van der Waals surface area (Å²) in [5.74, 6) is 0.378. The van der Waals surface area contributed by atoms with E-state index < -0.39 is 5.91 Å². The van der Waals surface area contributed by atoms with Crippen LogP contribution in [0.5, 0.6) is 5.75 Å². The van der Waals surface area contributed by atoms with Crippen molar-refractivity contribution in [3.05, 3.63) is 30.1 Å². The number of nitrogens with one attached hydrogen (secondary N) is 1. The fourth-order valence-electron chi connectivity index (χ4n) is 1.47. The topological polar surface area (TPSA) is 95.1 Å². The first kappa shape index (κ1) is 11.9. The van der Waals surface area contributed by atoms with Crippen molar-refractivity contribution in [1.82, 2.24) is 14.8 Å². The molecule has 7 nitrogen and oxygen atoms in total. The Hall–Kier alpha value is -2.57. The molecule has 3 N–H and O–H groups in total. The molecule has 0 fully saturated rings. The Kier molecular flexibility index (Phi) is 3.13. The molecule has 0 saturated carbocycles. The minimum Gasteiger partial charge on any atom is -0.495 e. The molecule has 1 aromatic heterocycles. The Labute approximate surface area is 104 Å². The highest BCUT2D eigenvalue weighted by molar-refractivity contribution is 5.89. The van der Waals surface area contributed by atoms with Crippen molar-refractivity contribution in [3.63, 3.8) is 0 Å². The Morgan fingerprint density at radius 3 is 2.78 bits per heavy atom. The number of amides is 1. The molecule has 0 radical (unpaired) electrons. The van der Waals surface area contributed by atoms with Crippen LogP contribution in [0.25, 0.3) is 0 Å². The van der Waals surface area contributed by atoms with Crippen LogP contribution in [0.3, 0.4) is 0 Å². The summed E-state index contributed by atoms with van der Waals surface area (Å²) < 4.78 is 6.64. The van der Waals surface area contributed by atoms with E-state index in [-0.39, 0.29) is 5.82 Å². The van der Waals surface area contributed by atoms with Gasteiger partial charge in [0.05, 0.1) is 12.8 Å². The number of hydrogen-bond acceptors (Lipinski definition) is 5. The van der Waals surface area contributed by atoms with Crippen LogP contribution in [-0.4, -0.2) is 27.8 Å². The number of nitrogens with two attached hydrogens (primary N) is 1. The Bertz CT molecular complexity index is 579. The van der Waals surface area contributed by atoms with E-state index >= 15 is 0 Å². The average Bonchev–Trinajstić information content (AvgIpc) is 2.72. The molecular weight excluding hydrogens is 234 g/mol. The van der Waals surface area contributed by atoms with Crippen LogP contribution in [0, 0.1) is 0 Å². The second-order valence-electron chi connectivity index (χ2n) is 3.57. The molecule has 1 amide bonds. The molecule has 0 spiro atoms. The number of nitrogens with zero attached hydrogens (tertiary/aromatic N) is 3. The maximum atomic E-state index is 11.0. The lowest BCUT2D eigenvalue weighted by Gasteiger charge is -2.09. The molecule has 2 aromatic rings. The van der Waals surface area contributed by atoms with E-state index in [9.17, 15) is 4.79 Å². The first-order valence-corrected chi connectivity index (χ1v) is 5.22. The van der Waals surface area contributed by atoms with Crippen molar-refractivity contribution in [1.29, 1.82) is 0 Å². The van der Waals surface area contributed by atoms with Crippen LogP contribution in [0.2, 0.25) is 0 Å². The Balaban J connectivity index is 2.31. The minimum atomic E-state index is -0.668. The van der Waals surface area contributed by atoms with Crippen molar-refractivity contribution in [2.24, 2.45) is 12.8 Å². The normalized spacial score (nSPS) is 10.1. The number of rotatable bonds is 4. The van der Waals surface area contributed by atoms with E-state index in [1.807, 2.05) is 24.3 Å². The number of ether oxygens (including phenoxy) is 1. The van der Waals surface area contributed by atoms with Gasteiger partial charge < -0.3 is 15.8 Å². The third kappa shape index (κ3) is 2.24. The SMILES string of the molecule is COc1ccccc1Nc1nc(C(N)=O)nn1C. The highest BCUT2D eigenvalue weighted by Gasteiger charge is 2.12. The van der Waals surface area contributed by atoms with Gasteiger partial charge in [0, 0.05) is 7.05 Å². The molecule has 0 aliphatic rings. The smallest absolute Gasteiger partial charge is 0.288 e. The molecular formula is C11H13N5O2. The van der Waals surface area contributed by atoms with Crippen LogP contribution in [-0.2, 0) is 7.05 Å². The van der Waals surface area contributed by atoms with Gasteiger partial charge in [0.15, 0.2) is 0 Å². The monoisotopic (exact) mass is 247 g/mol. The number of primary amides is 1. The molecule has 0 atom stereocenters. The average molecular weight is 247 g/mol. The molecule has 94 valence electrons. The van der Waals surface area contributed by atoms with E-state index in [0.29, 0.717) is 11.7 Å². The molecule has 1 aromatic carbocycles. The van der Waals surface area contributed by atoms with Gasteiger partial charge in [0.25, 0.3) is 5.91 Å².